The molecule has 32 heavy (non-hydrogen) atoms. The zero-order valence-electron chi connectivity index (χ0n) is 17.8. The summed E-state index contributed by atoms with van der Waals surface area (Å²) in [7, 11) is 1.43. The van der Waals surface area contributed by atoms with Crippen LogP contribution in [0.25, 0.3) is 32.9 Å². The number of ether oxygens (including phenoxy) is 1. The van der Waals surface area contributed by atoms with Gasteiger partial charge in [-0.25, -0.2) is 4.39 Å². The molecule has 3 heterocycles. The fraction of sp³-hybridized carbons (Fsp3) is 0.292. The summed E-state index contributed by atoms with van der Waals surface area (Å²) < 4.78 is 21.2. The van der Waals surface area contributed by atoms with E-state index in [-0.39, 0.29) is 23.0 Å². The molecule has 2 N–H and O–H groups in total. The topological polar surface area (TPSA) is 91.6 Å². The molecule has 4 aromatic rings. The molecule has 164 valence electrons. The number of anilines is 1. The zero-order chi connectivity index (χ0) is 22.4. The van der Waals surface area contributed by atoms with Crippen molar-refractivity contribution in [3.05, 3.63) is 47.9 Å². The number of nitrogens with zero attached hydrogens (tertiary/aromatic N) is 4. The number of aryl methyl sites for hydroxylation is 1. The van der Waals surface area contributed by atoms with Gasteiger partial charge in [0.05, 0.1) is 18.6 Å². The van der Waals surface area contributed by atoms with Crippen LogP contribution in [0.1, 0.15) is 18.9 Å². The monoisotopic (exact) mass is 434 g/mol. The molecule has 0 bridgehead atoms. The van der Waals surface area contributed by atoms with Gasteiger partial charge in [-0.05, 0) is 41.3 Å². The highest BCUT2D eigenvalue weighted by atomic mass is 19.1. The van der Waals surface area contributed by atoms with Gasteiger partial charge in [-0.2, -0.15) is 9.97 Å². The van der Waals surface area contributed by atoms with Gasteiger partial charge in [0.25, 0.3) is 0 Å². The van der Waals surface area contributed by atoms with Gasteiger partial charge in [-0.3, -0.25) is 4.98 Å². The Labute approximate surface area is 184 Å². The highest BCUT2D eigenvalue weighted by molar-refractivity contribution is 6.01. The van der Waals surface area contributed by atoms with E-state index in [9.17, 15) is 10.2 Å². The standard InChI is InChI=1S/C24H23FN4O3/c1-3-13-5-4-6-14-9-16(31)10-17(19(13)14)21-20(25)22-18(11-26-21)23(28-24(27-22)32-2)29-8-7-15(30)12-29/h4-6,9-11,15,30-31H,3,7-8,12H2,1-2H3. The van der Waals surface area contributed by atoms with E-state index in [1.807, 2.05) is 30.0 Å². The minimum Gasteiger partial charge on any atom is -0.508 e. The second kappa shape index (κ2) is 7.87. The molecule has 1 unspecified atom stereocenters. The molecule has 1 aliphatic heterocycles. The van der Waals surface area contributed by atoms with Gasteiger partial charge < -0.3 is 19.8 Å². The quantitative estimate of drug-likeness (QED) is 0.504. The number of fused-ring (bicyclic) bond motifs is 2. The first kappa shape index (κ1) is 20.4. The van der Waals surface area contributed by atoms with Gasteiger partial charge >= 0.3 is 6.01 Å². The number of β-amino-alcohol motifs (C(OH)–C–C–N with tert-alkyl or cyclic N) is 1. The maximum Gasteiger partial charge on any atom is 0.318 e. The molecule has 1 atom stereocenters. The van der Waals surface area contributed by atoms with E-state index >= 15 is 4.39 Å². The Morgan fingerprint density at radius 1 is 1.25 bits per heavy atom. The molecule has 1 fully saturated rings. The number of rotatable bonds is 4. The van der Waals surface area contributed by atoms with Crippen LogP contribution in [0, 0.1) is 5.82 Å². The fourth-order valence-corrected chi connectivity index (χ4v) is 4.45. The second-order valence-electron chi connectivity index (χ2n) is 7.97. The van der Waals surface area contributed by atoms with Gasteiger partial charge in [-0.1, -0.05) is 25.1 Å². The van der Waals surface area contributed by atoms with Crippen LogP contribution in [0.5, 0.6) is 11.8 Å². The molecule has 0 radical (unpaired) electrons. The van der Waals surface area contributed by atoms with E-state index in [2.05, 4.69) is 15.0 Å². The summed E-state index contributed by atoms with van der Waals surface area (Å²) in [5.41, 5.74) is 1.73. The van der Waals surface area contributed by atoms with Crippen molar-refractivity contribution >= 4 is 27.5 Å². The van der Waals surface area contributed by atoms with Gasteiger partial charge in [0.2, 0.25) is 0 Å². The van der Waals surface area contributed by atoms with Gasteiger partial charge in [0.15, 0.2) is 5.82 Å². The number of hydrogen-bond acceptors (Lipinski definition) is 7. The Kier molecular flexibility index (Phi) is 5.01. The SMILES string of the molecule is CCc1cccc2cc(O)cc(-c3ncc4c(N5CCC(O)C5)nc(OC)nc4c3F)c12. The lowest BCUT2D eigenvalue weighted by Crippen LogP contribution is -2.23. The molecule has 5 rings (SSSR count). The summed E-state index contributed by atoms with van der Waals surface area (Å²) in [5, 5.41) is 22.4. The number of halogens is 1. The number of hydrogen-bond donors (Lipinski definition) is 2. The Hall–Kier alpha value is -3.52. The molecule has 2 aromatic carbocycles. The van der Waals surface area contributed by atoms with Crippen LogP contribution in [0.4, 0.5) is 10.2 Å². The minimum atomic E-state index is -0.609. The number of benzene rings is 2. The average Bonchev–Trinajstić information content (AvgIpc) is 3.23. The Morgan fingerprint density at radius 3 is 2.81 bits per heavy atom. The van der Waals surface area contributed by atoms with Crippen molar-refractivity contribution < 1.29 is 19.3 Å². The second-order valence-corrected chi connectivity index (χ2v) is 7.97. The molecule has 1 aliphatic rings. The summed E-state index contributed by atoms with van der Waals surface area (Å²) in [4.78, 5) is 15.0. The van der Waals surface area contributed by atoms with Gasteiger partial charge in [0, 0.05) is 24.8 Å². The number of methoxy groups -OCH3 is 1. The number of aliphatic hydroxyl groups is 1. The molecule has 0 amide bonds. The number of phenols is 1. The number of pyridine rings is 1. The van der Waals surface area contributed by atoms with E-state index in [1.165, 1.54) is 13.2 Å². The van der Waals surface area contributed by atoms with E-state index in [1.54, 1.807) is 12.3 Å². The van der Waals surface area contributed by atoms with Crippen LogP contribution in [0.2, 0.25) is 0 Å². The molecule has 1 saturated heterocycles. The zero-order valence-corrected chi connectivity index (χ0v) is 17.8. The maximum atomic E-state index is 16.0. The number of aromatic hydroxyl groups is 1. The van der Waals surface area contributed by atoms with Crippen LogP contribution in [0.15, 0.2) is 36.5 Å². The Morgan fingerprint density at radius 2 is 2.09 bits per heavy atom. The number of phenolic OH excluding ortho intramolecular Hbond substituents is 1. The van der Waals surface area contributed by atoms with Crippen molar-refractivity contribution in [2.24, 2.45) is 0 Å². The van der Waals surface area contributed by atoms with Crippen molar-refractivity contribution in [1.29, 1.82) is 0 Å². The lowest BCUT2D eigenvalue weighted by Gasteiger charge is -2.19. The summed E-state index contributed by atoms with van der Waals surface area (Å²) in [5.74, 6) is -0.0903. The lowest BCUT2D eigenvalue weighted by molar-refractivity contribution is 0.198. The molecular weight excluding hydrogens is 411 g/mol. The van der Waals surface area contributed by atoms with Crippen molar-refractivity contribution in [1.82, 2.24) is 15.0 Å². The third-order valence-electron chi connectivity index (χ3n) is 5.97. The predicted octanol–water partition coefficient (Wildman–Crippen LogP) is 3.83. The first-order valence-electron chi connectivity index (χ1n) is 10.6. The summed E-state index contributed by atoms with van der Waals surface area (Å²) in [6.45, 7) is 3.02. The molecule has 7 nitrogen and oxygen atoms in total. The van der Waals surface area contributed by atoms with Gasteiger partial charge in [-0.15, -0.1) is 0 Å². The molecular formula is C24H23FN4O3. The highest BCUT2D eigenvalue weighted by Crippen LogP contribution is 2.38. The van der Waals surface area contributed by atoms with E-state index in [0.29, 0.717) is 36.3 Å². The van der Waals surface area contributed by atoms with Crippen molar-refractivity contribution in [2.75, 3.05) is 25.1 Å². The van der Waals surface area contributed by atoms with Gasteiger partial charge in [0.1, 0.15) is 22.8 Å². The number of aliphatic hydroxyl groups excluding tert-OH is 1. The fourth-order valence-electron chi connectivity index (χ4n) is 4.45. The number of aromatic nitrogens is 3. The third-order valence-corrected chi connectivity index (χ3v) is 5.97. The molecule has 0 saturated carbocycles. The Balaban J connectivity index is 1.78. The normalized spacial score (nSPS) is 16.2. The van der Waals surface area contributed by atoms with E-state index in [4.69, 9.17) is 4.74 Å². The van der Waals surface area contributed by atoms with Crippen molar-refractivity contribution in [2.45, 2.75) is 25.9 Å². The van der Waals surface area contributed by atoms with Crippen LogP contribution in [0.3, 0.4) is 0 Å². The van der Waals surface area contributed by atoms with Crippen LogP contribution in [-0.2, 0) is 6.42 Å². The first-order chi connectivity index (χ1) is 15.5. The Bertz CT molecular complexity index is 1340. The first-order valence-corrected chi connectivity index (χ1v) is 10.6. The molecule has 2 aromatic heterocycles. The average molecular weight is 434 g/mol. The van der Waals surface area contributed by atoms with E-state index < -0.39 is 11.9 Å². The molecule has 8 heteroatoms. The van der Waals surface area contributed by atoms with E-state index in [0.717, 1.165) is 22.8 Å². The summed E-state index contributed by atoms with van der Waals surface area (Å²) in [6.07, 6.45) is 2.45. The molecule has 0 spiro atoms. The largest absolute Gasteiger partial charge is 0.508 e. The smallest absolute Gasteiger partial charge is 0.318 e. The van der Waals surface area contributed by atoms with Crippen LogP contribution >= 0.6 is 0 Å². The minimum absolute atomic E-state index is 0.0362. The predicted molar refractivity (Wildman–Crippen MR) is 121 cm³/mol. The third kappa shape index (κ3) is 3.27. The maximum absolute atomic E-state index is 16.0. The van der Waals surface area contributed by atoms with Crippen molar-refractivity contribution in [3.8, 4) is 23.0 Å². The lowest BCUT2D eigenvalue weighted by atomic mass is 9.95. The van der Waals surface area contributed by atoms with Crippen LogP contribution in [-0.4, -0.2) is 51.5 Å². The van der Waals surface area contributed by atoms with Crippen molar-refractivity contribution in [3.63, 3.8) is 0 Å². The molecule has 0 aliphatic carbocycles. The summed E-state index contributed by atoms with van der Waals surface area (Å²) >= 11 is 0. The highest BCUT2D eigenvalue weighted by Gasteiger charge is 2.26. The summed E-state index contributed by atoms with van der Waals surface area (Å²) in [6, 6.07) is 9.04. The van der Waals surface area contributed by atoms with Crippen LogP contribution < -0.4 is 9.64 Å².